The molecule has 2 aromatic carbocycles. The predicted octanol–water partition coefficient (Wildman–Crippen LogP) is 3.10. The molecule has 0 radical (unpaired) electrons. The van der Waals surface area contributed by atoms with Crippen LogP contribution in [0.3, 0.4) is 0 Å². The third-order valence-corrected chi connectivity index (χ3v) is 3.91. The van der Waals surface area contributed by atoms with E-state index in [1.165, 1.54) is 0 Å². The lowest BCUT2D eigenvalue weighted by molar-refractivity contribution is 0.414. The van der Waals surface area contributed by atoms with E-state index in [1.807, 2.05) is 42.5 Å². The van der Waals surface area contributed by atoms with Crippen molar-refractivity contribution in [1.82, 2.24) is 20.6 Å². The third-order valence-electron chi connectivity index (χ3n) is 3.91. The van der Waals surface area contributed by atoms with Crippen LogP contribution in [0.1, 0.15) is 11.4 Å². The first kappa shape index (κ1) is 20.0. The zero-order valence-corrected chi connectivity index (χ0v) is 17.3. The lowest BCUT2D eigenvalue weighted by Crippen LogP contribution is -2.37. The lowest BCUT2D eigenvalue weighted by atomic mass is 10.2. The van der Waals surface area contributed by atoms with E-state index in [9.17, 15) is 0 Å². The van der Waals surface area contributed by atoms with Crippen molar-refractivity contribution in [1.29, 1.82) is 0 Å². The molecule has 0 aliphatic carbocycles. The fraction of sp³-hybridized carbons (Fsp3) is 0.263. The molecule has 0 saturated carbocycles. The molecule has 0 unspecified atom stereocenters. The Morgan fingerprint density at radius 2 is 2.00 bits per heavy atom. The molecule has 7 heteroatoms. The minimum absolute atomic E-state index is 0. The van der Waals surface area contributed by atoms with Crippen LogP contribution in [-0.4, -0.2) is 36.6 Å². The van der Waals surface area contributed by atoms with Gasteiger partial charge < -0.3 is 20.4 Å². The molecular formula is C19H24IN5O. The Labute approximate surface area is 170 Å². The molecule has 138 valence electrons. The number of imidazole rings is 1. The van der Waals surface area contributed by atoms with E-state index >= 15 is 0 Å². The second kappa shape index (κ2) is 10.0. The smallest absolute Gasteiger partial charge is 0.191 e. The first-order chi connectivity index (χ1) is 12.3. The van der Waals surface area contributed by atoms with Crippen molar-refractivity contribution in [3.63, 3.8) is 0 Å². The highest BCUT2D eigenvalue weighted by Gasteiger charge is 2.03. The van der Waals surface area contributed by atoms with Crippen molar-refractivity contribution in [2.75, 3.05) is 20.7 Å². The second-order valence-electron chi connectivity index (χ2n) is 5.65. The third kappa shape index (κ3) is 5.35. The van der Waals surface area contributed by atoms with Gasteiger partial charge in [0.1, 0.15) is 11.6 Å². The van der Waals surface area contributed by atoms with Gasteiger partial charge in [0.2, 0.25) is 0 Å². The highest BCUT2D eigenvalue weighted by molar-refractivity contribution is 14.0. The van der Waals surface area contributed by atoms with Crippen molar-refractivity contribution in [3.8, 4) is 5.75 Å². The number of H-pyrrole nitrogens is 1. The maximum atomic E-state index is 5.24. The summed E-state index contributed by atoms with van der Waals surface area (Å²) in [6.07, 6.45) is 0.800. The predicted molar refractivity (Wildman–Crippen MR) is 116 cm³/mol. The van der Waals surface area contributed by atoms with Gasteiger partial charge in [-0.25, -0.2) is 4.98 Å². The first-order valence-electron chi connectivity index (χ1n) is 8.29. The van der Waals surface area contributed by atoms with Crippen molar-refractivity contribution in [2.24, 2.45) is 4.99 Å². The zero-order valence-electron chi connectivity index (χ0n) is 15.0. The maximum Gasteiger partial charge on any atom is 0.191 e. The number of fused-ring (bicyclic) bond motifs is 1. The summed E-state index contributed by atoms with van der Waals surface area (Å²) in [5, 5.41) is 6.61. The fourth-order valence-electron chi connectivity index (χ4n) is 2.61. The summed E-state index contributed by atoms with van der Waals surface area (Å²) in [7, 11) is 3.44. The van der Waals surface area contributed by atoms with Crippen molar-refractivity contribution in [2.45, 2.75) is 13.0 Å². The minimum Gasteiger partial charge on any atom is -0.497 e. The Bertz CT molecular complexity index is 829. The Balaban J connectivity index is 0.00000243. The van der Waals surface area contributed by atoms with Crippen LogP contribution in [0.25, 0.3) is 11.0 Å². The van der Waals surface area contributed by atoms with E-state index in [4.69, 9.17) is 4.74 Å². The van der Waals surface area contributed by atoms with Gasteiger partial charge in [-0.1, -0.05) is 24.3 Å². The number of aromatic nitrogens is 2. The summed E-state index contributed by atoms with van der Waals surface area (Å²) in [6.45, 7) is 1.43. The van der Waals surface area contributed by atoms with Gasteiger partial charge in [0.25, 0.3) is 0 Å². The van der Waals surface area contributed by atoms with Crippen LogP contribution < -0.4 is 15.4 Å². The quantitative estimate of drug-likeness (QED) is 0.297. The summed E-state index contributed by atoms with van der Waals surface area (Å²) in [5.74, 6) is 2.59. The summed E-state index contributed by atoms with van der Waals surface area (Å²) >= 11 is 0. The van der Waals surface area contributed by atoms with Gasteiger partial charge in [0.15, 0.2) is 5.96 Å². The highest BCUT2D eigenvalue weighted by atomic mass is 127. The number of aromatic amines is 1. The average molecular weight is 465 g/mol. The number of nitrogens with one attached hydrogen (secondary N) is 3. The topological polar surface area (TPSA) is 74.3 Å². The highest BCUT2D eigenvalue weighted by Crippen LogP contribution is 2.12. The number of rotatable bonds is 6. The Hall–Kier alpha value is -2.29. The molecule has 0 saturated heterocycles. The van der Waals surface area contributed by atoms with Gasteiger partial charge in [-0.15, -0.1) is 24.0 Å². The molecule has 0 bridgehead atoms. The largest absolute Gasteiger partial charge is 0.497 e. The molecular weight excluding hydrogens is 441 g/mol. The Kier molecular flexibility index (Phi) is 7.71. The SMILES string of the molecule is CN=C(NCCc1nc2ccccc2[nH]1)NCc1cccc(OC)c1.I. The molecule has 0 amide bonds. The van der Waals surface area contributed by atoms with Crippen LogP contribution in [0.15, 0.2) is 53.5 Å². The number of halogens is 1. The molecule has 26 heavy (non-hydrogen) atoms. The molecule has 3 N–H and O–H groups in total. The minimum atomic E-state index is 0. The van der Waals surface area contributed by atoms with E-state index in [-0.39, 0.29) is 24.0 Å². The molecule has 0 aliphatic rings. The summed E-state index contributed by atoms with van der Waals surface area (Å²) in [4.78, 5) is 12.2. The molecule has 6 nitrogen and oxygen atoms in total. The number of hydrogen-bond donors (Lipinski definition) is 3. The molecule has 3 aromatic rings. The Morgan fingerprint density at radius 1 is 1.15 bits per heavy atom. The number of aliphatic imine (C=N–C) groups is 1. The van der Waals surface area contributed by atoms with Crippen LogP contribution in [0.5, 0.6) is 5.75 Å². The van der Waals surface area contributed by atoms with E-state index in [1.54, 1.807) is 14.2 Å². The first-order valence-corrected chi connectivity index (χ1v) is 8.29. The maximum absolute atomic E-state index is 5.24. The molecule has 3 rings (SSSR count). The van der Waals surface area contributed by atoms with Gasteiger partial charge in [0.05, 0.1) is 18.1 Å². The van der Waals surface area contributed by atoms with E-state index in [2.05, 4.69) is 31.7 Å². The van der Waals surface area contributed by atoms with Crippen LogP contribution in [-0.2, 0) is 13.0 Å². The van der Waals surface area contributed by atoms with Crippen LogP contribution >= 0.6 is 24.0 Å². The van der Waals surface area contributed by atoms with Crippen LogP contribution in [0.4, 0.5) is 0 Å². The number of methoxy groups -OCH3 is 1. The molecule has 0 aliphatic heterocycles. The van der Waals surface area contributed by atoms with E-state index < -0.39 is 0 Å². The molecule has 0 fully saturated rings. The van der Waals surface area contributed by atoms with Gasteiger partial charge in [-0.05, 0) is 29.8 Å². The Morgan fingerprint density at radius 3 is 2.77 bits per heavy atom. The van der Waals surface area contributed by atoms with Gasteiger partial charge in [-0.3, -0.25) is 4.99 Å². The average Bonchev–Trinajstić information content (AvgIpc) is 3.07. The number of benzene rings is 2. The number of para-hydroxylation sites is 2. The molecule has 1 aromatic heterocycles. The second-order valence-corrected chi connectivity index (χ2v) is 5.65. The summed E-state index contributed by atoms with van der Waals surface area (Å²) in [5.41, 5.74) is 3.20. The van der Waals surface area contributed by atoms with Gasteiger partial charge in [0, 0.05) is 26.6 Å². The fourth-order valence-corrected chi connectivity index (χ4v) is 2.61. The normalized spacial score (nSPS) is 11.1. The summed E-state index contributed by atoms with van der Waals surface area (Å²) < 4.78 is 5.24. The number of hydrogen-bond acceptors (Lipinski definition) is 3. The standard InChI is InChI=1S/C19H23N5O.HI/c1-20-19(22-13-14-6-5-7-15(12-14)25-2)21-11-10-18-23-16-8-3-4-9-17(16)24-18;/h3-9,12H,10-11,13H2,1-2H3,(H,23,24)(H2,20,21,22);1H. The van der Waals surface area contributed by atoms with E-state index in [0.717, 1.165) is 47.1 Å². The lowest BCUT2D eigenvalue weighted by Gasteiger charge is -2.12. The molecule has 0 atom stereocenters. The molecule has 1 heterocycles. The van der Waals surface area contributed by atoms with Crippen LogP contribution in [0, 0.1) is 0 Å². The van der Waals surface area contributed by atoms with Crippen molar-refractivity contribution in [3.05, 3.63) is 59.9 Å². The number of ether oxygens (including phenoxy) is 1. The number of nitrogens with zero attached hydrogens (tertiary/aromatic N) is 2. The number of guanidine groups is 1. The summed E-state index contributed by atoms with van der Waals surface area (Å²) in [6, 6.07) is 16.0. The van der Waals surface area contributed by atoms with Crippen LogP contribution in [0.2, 0.25) is 0 Å². The van der Waals surface area contributed by atoms with Crippen molar-refractivity contribution >= 4 is 41.0 Å². The van der Waals surface area contributed by atoms with Gasteiger partial charge in [-0.2, -0.15) is 0 Å². The van der Waals surface area contributed by atoms with E-state index in [0.29, 0.717) is 6.54 Å². The molecule has 0 spiro atoms. The van der Waals surface area contributed by atoms with Gasteiger partial charge >= 0.3 is 0 Å². The van der Waals surface area contributed by atoms with Crippen molar-refractivity contribution < 1.29 is 4.74 Å². The zero-order chi connectivity index (χ0) is 17.5. The monoisotopic (exact) mass is 465 g/mol.